The highest BCUT2D eigenvalue weighted by atomic mass is 16.5. The predicted octanol–water partition coefficient (Wildman–Crippen LogP) is 5.38. The van der Waals surface area contributed by atoms with Crippen LogP contribution >= 0.6 is 0 Å². The highest BCUT2D eigenvalue weighted by Crippen LogP contribution is 2.34. The molecule has 0 aliphatic carbocycles. The second-order valence-corrected chi connectivity index (χ2v) is 6.51. The number of carbonyl (C=O) groups is 1. The van der Waals surface area contributed by atoms with Crippen LogP contribution in [0.1, 0.15) is 93.6 Å². The molecule has 3 heteroatoms. The molecule has 0 unspecified atom stereocenters. The number of carbonyl (C=O) groups excluding carboxylic acids is 1. The molecule has 0 atom stereocenters. The zero-order chi connectivity index (χ0) is 16.7. The molecule has 0 fully saturated rings. The van der Waals surface area contributed by atoms with Gasteiger partial charge in [0.15, 0.2) is 0 Å². The molecule has 0 aliphatic rings. The summed E-state index contributed by atoms with van der Waals surface area (Å²) >= 11 is 0. The summed E-state index contributed by atoms with van der Waals surface area (Å²) in [6.45, 7) is 10.7. The molecule has 1 aromatic rings. The van der Waals surface area contributed by atoms with Crippen LogP contribution in [0.5, 0.6) is 5.75 Å². The number of ether oxygens (including phenoxy) is 1. The average molecular weight is 306 g/mol. The Hall–Kier alpha value is -1.51. The summed E-state index contributed by atoms with van der Waals surface area (Å²) in [6, 6.07) is 3.53. The van der Waals surface area contributed by atoms with Gasteiger partial charge in [0.05, 0.1) is 12.2 Å². The maximum absolute atomic E-state index is 12.2. The summed E-state index contributed by atoms with van der Waals surface area (Å²) in [5.74, 6) is 0.342. The second-order valence-electron chi connectivity index (χ2n) is 6.51. The van der Waals surface area contributed by atoms with E-state index in [4.69, 9.17) is 4.74 Å². The molecule has 1 aromatic carbocycles. The molecule has 0 heterocycles. The third-order valence-corrected chi connectivity index (χ3v) is 3.88. The average Bonchev–Trinajstić information content (AvgIpc) is 2.46. The number of hydrogen-bond donors (Lipinski definition) is 1. The van der Waals surface area contributed by atoms with Crippen LogP contribution in [-0.2, 0) is 4.74 Å². The smallest absolute Gasteiger partial charge is 0.338 e. The highest BCUT2D eigenvalue weighted by molar-refractivity contribution is 5.90. The van der Waals surface area contributed by atoms with Crippen molar-refractivity contribution in [1.29, 1.82) is 0 Å². The second kappa shape index (κ2) is 8.82. The molecular formula is C19H30O3. The first-order chi connectivity index (χ1) is 10.4. The Morgan fingerprint density at radius 3 is 2.05 bits per heavy atom. The molecule has 0 aromatic heterocycles. The van der Waals surface area contributed by atoms with Crippen molar-refractivity contribution in [3.8, 4) is 5.75 Å². The van der Waals surface area contributed by atoms with Gasteiger partial charge in [0, 0.05) is 0 Å². The minimum absolute atomic E-state index is 0.162. The van der Waals surface area contributed by atoms with Crippen molar-refractivity contribution in [2.24, 2.45) is 0 Å². The third-order valence-electron chi connectivity index (χ3n) is 3.88. The predicted molar refractivity (Wildman–Crippen MR) is 90.7 cm³/mol. The summed E-state index contributed by atoms with van der Waals surface area (Å²) in [5.41, 5.74) is 2.16. The Bertz CT molecular complexity index is 460. The fourth-order valence-corrected chi connectivity index (χ4v) is 2.46. The quantitative estimate of drug-likeness (QED) is 0.518. The first-order valence-electron chi connectivity index (χ1n) is 8.42. The minimum Gasteiger partial charge on any atom is -0.507 e. The van der Waals surface area contributed by atoms with Crippen LogP contribution in [0.25, 0.3) is 0 Å². The van der Waals surface area contributed by atoms with E-state index in [0.717, 1.165) is 24.0 Å². The summed E-state index contributed by atoms with van der Waals surface area (Å²) in [4.78, 5) is 12.2. The van der Waals surface area contributed by atoms with Crippen LogP contribution in [0.2, 0.25) is 0 Å². The van der Waals surface area contributed by atoms with Crippen LogP contribution in [-0.4, -0.2) is 17.7 Å². The molecule has 0 amide bonds. The Labute approximate surface area is 134 Å². The van der Waals surface area contributed by atoms with Crippen LogP contribution in [0.15, 0.2) is 12.1 Å². The molecule has 124 valence electrons. The van der Waals surface area contributed by atoms with Crippen molar-refractivity contribution in [2.75, 3.05) is 6.61 Å². The molecule has 1 rings (SSSR count). The zero-order valence-electron chi connectivity index (χ0n) is 14.6. The van der Waals surface area contributed by atoms with E-state index in [0.29, 0.717) is 17.9 Å². The largest absolute Gasteiger partial charge is 0.507 e. The number of rotatable bonds is 8. The molecule has 0 aliphatic heterocycles. The van der Waals surface area contributed by atoms with Crippen molar-refractivity contribution in [3.05, 3.63) is 28.8 Å². The van der Waals surface area contributed by atoms with Gasteiger partial charge in [0.1, 0.15) is 5.75 Å². The molecule has 1 N–H and O–H groups in total. The van der Waals surface area contributed by atoms with Gasteiger partial charge >= 0.3 is 5.97 Å². The topological polar surface area (TPSA) is 46.5 Å². The molecule has 0 saturated carbocycles. The normalized spacial score (nSPS) is 11.2. The lowest BCUT2D eigenvalue weighted by Gasteiger charge is -2.17. The van der Waals surface area contributed by atoms with E-state index >= 15 is 0 Å². The number of aromatic hydroxyl groups is 1. The van der Waals surface area contributed by atoms with Gasteiger partial charge in [0.2, 0.25) is 0 Å². The van der Waals surface area contributed by atoms with Crippen LogP contribution in [0.3, 0.4) is 0 Å². The third kappa shape index (κ3) is 5.04. The van der Waals surface area contributed by atoms with Gasteiger partial charge in [-0.3, -0.25) is 0 Å². The number of unbranched alkanes of at least 4 members (excludes halogenated alkanes) is 3. The van der Waals surface area contributed by atoms with Gasteiger partial charge in [-0.2, -0.15) is 0 Å². The van der Waals surface area contributed by atoms with E-state index in [-0.39, 0.29) is 17.8 Å². The standard InChI is InChI=1S/C19H30O3/c1-6-7-8-9-10-22-19(21)15-11-16(13(2)3)18(20)17(12-15)14(4)5/h11-14,20H,6-10H2,1-5H3. The van der Waals surface area contributed by atoms with Crippen LogP contribution in [0, 0.1) is 0 Å². The number of esters is 1. The summed E-state index contributed by atoms with van der Waals surface area (Å²) < 4.78 is 5.36. The monoisotopic (exact) mass is 306 g/mol. The minimum atomic E-state index is -0.291. The molecule has 0 bridgehead atoms. The maximum atomic E-state index is 12.2. The number of phenolic OH excluding ortho intramolecular Hbond substituents is 1. The zero-order valence-corrected chi connectivity index (χ0v) is 14.6. The van der Waals surface area contributed by atoms with Crippen molar-refractivity contribution < 1.29 is 14.6 Å². The van der Waals surface area contributed by atoms with E-state index < -0.39 is 0 Å². The SMILES string of the molecule is CCCCCCOC(=O)c1cc(C(C)C)c(O)c(C(C)C)c1. The van der Waals surface area contributed by atoms with E-state index in [1.54, 1.807) is 12.1 Å². The summed E-state index contributed by atoms with van der Waals surface area (Å²) in [5, 5.41) is 10.4. The van der Waals surface area contributed by atoms with Gasteiger partial charge < -0.3 is 9.84 Å². The molecule has 0 radical (unpaired) electrons. The van der Waals surface area contributed by atoms with Crippen molar-refractivity contribution >= 4 is 5.97 Å². The molecule has 0 saturated heterocycles. The van der Waals surface area contributed by atoms with Crippen molar-refractivity contribution in [1.82, 2.24) is 0 Å². The molecule has 22 heavy (non-hydrogen) atoms. The van der Waals surface area contributed by atoms with Gasteiger partial charge in [-0.25, -0.2) is 4.79 Å². The van der Waals surface area contributed by atoms with E-state index in [9.17, 15) is 9.90 Å². The van der Waals surface area contributed by atoms with Crippen molar-refractivity contribution in [3.63, 3.8) is 0 Å². The fourth-order valence-electron chi connectivity index (χ4n) is 2.46. The Morgan fingerprint density at radius 1 is 1.05 bits per heavy atom. The highest BCUT2D eigenvalue weighted by Gasteiger charge is 2.18. The lowest BCUT2D eigenvalue weighted by atomic mass is 9.91. The van der Waals surface area contributed by atoms with Crippen molar-refractivity contribution in [2.45, 2.75) is 72.1 Å². The molecule has 3 nitrogen and oxygen atoms in total. The van der Waals surface area contributed by atoms with Crippen LogP contribution < -0.4 is 0 Å². The van der Waals surface area contributed by atoms with Gasteiger partial charge in [-0.05, 0) is 41.5 Å². The Kier molecular flexibility index (Phi) is 7.43. The number of benzene rings is 1. The number of phenols is 1. The molecular weight excluding hydrogens is 276 g/mol. The summed E-state index contributed by atoms with van der Waals surface area (Å²) in [6.07, 6.45) is 4.34. The fraction of sp³-hybridized carbons (Fsp3) is 0.632. The summed E-state index contributed by atoms with van der Waals surface area (Å²) in [7, 11) is 0. The Balaban J connectivity index is 2.87. The lowest BCUT2D eigenvalue weighted by molar-refractivity contribution is 0.0497. The molecule has 0 spiro atoms. The lowest BCUT2D eigenvalue weighted by Crippen LogP contribution is -2.09. The van der Waals surface area contributed by atoms with E-state index in [2.05, 4.69) is 6.92 Å². The Morgan fingerprint density at radius 2 is 1.59 bits per heavy atom. The van der Waals surface area contributed by atoms with Gasteiger partial charge in [-0.1, -0.05) is 53.9 Å². The van der Waals surface area contributed by atoms with E-state index in [1.165, 1.54) is 12.8 Å². The maximum Gasteiger partial charge on any atom is 0.338 e. The van der Waals surface area contributed by atoms with Crippen LogP contribution in [0.4, 0.5) is 0 Å². The van der Waals surface area contributed by atoms with E-state index in [1.807, 2.05) is 27.7 Å². The number of hydrogen-bond acceptors (Lipinski definition) is 3. The van der Waals surface area contributed by atoms with Gasteiger partial charge in [0.25, 0.3) is 0 Å². The first-order valence-corrected chi connectivity index (χ1v) is 8.42. The first kappa shape index (κ1) is 18.5. The van der Waals surface area contributed by atoms with Gasteiger partial charge in [-0.15, -0.1) is 0 Å².